The minimum absolute atomic E-state index is 0. The van der Waals surface area contributed by atoms with Crippen LogP contribution in [-0.4, -0.2) is 5.75 Å². The summed E-state index contributed by atoms with van der Waals surface area (Å²) in [5, 5.41) is 0. The van der Waals surface area contributed by atoms with Crippen LogP contribution in [0.4, 0.5) is 0 Å². The number of thiol groups is 1. The van der Waals surface area contributed by atoms with E-state index in [9.17, 15) is 0 Å². The standard InChI is InChI=1S/C4H10S.K.H/c1-4(2)3-5;;/h4-5H,3H2,1-2H3;;/q;+1;-1. The molecule has 0 N–H and O–H groups in total. The summed E-state index contributed by atoms with van der Waals surface area (Å²) in [6, 6.07) is 0. The van der Waals surface area contributed by atoms with E-state index in [1.807, 2.05) is 0 Å². The van der Waals surface area contributed by atoms with Crippen molar-refractivity contribution < 1.29 is 52.8 Å². The van der Waals surface area contributed by atoms with Crippen molar-refractivity contribution in [3.05, 3.63) is 0 Å². The summed E-state index contributed by atoms with van der Waals surface area (Å²) in [4.78, 5) is 0. The Morgan fingerprint density at radius 1 is 1.67 bits per heavy atom. The first-order valence-corrected chi connectivity index (χ1v) is 2.51. The number of hydrogen-bond donors (Lipinski definition) is 1. The molecule has 0 aromatic carbocycles. The predicted molar refractivity (Wildman–Crippen MR) is 29.8 cm³/mol. The van der Waals surface area contributed by atoms with E-state index in [2.05, 4.69) is 26.5 Å². The van der Waals surface area contributed by atoms with Gasteiger partial charge < -0.3 is 1.43 Å². The molecule has 0 bridgehead atoms. The van der Waals surface area contributed by atoms with E-state index < -0.39 is 0 Å². The molecule has 0 rings (SSSR count). The first kappa shape index (κ1) is 10.9. The molecule has 0 nitrogen and oxygen atoms in total. The van der Waals surface area contributed by atoms with E-state index in [1.54, 1.807) is 0 Å². The van der Waals surface area contributed by atoms with Gasteiger partial charge in [-0.1, -0.05) is 13.8 Å². The average molecular weight is 130 g/mol. The van der Waals surface area contributed by atoms with Crippen molar-refractivity contribution in [1.29, 1.82) is 0 Å². The molecule has 0 spiro atoms. The van der Waals surface area contributed by atoms with Gasteiger partial charge in [-0.25, -0.2) is 0 Å². The van der Waals surface area contributed by atoms with Gasteiger partial charge in [-0.15, -0.1) is 0 Å². The maximum absolute atomic E-state index is 4.02. The third-order valence-electron chi connectivity index (χ3n) is 0.365. The fraction of sp³-hybridized carbons (Fsp3) is 1.00. The molecule has 0 unspecified atom stereocenters. The number of hydrogen-bond acceptors (Lipinski definition) is 1. The van der Waals surface area contributed by atoms with Gasteiger partial charge in [0.25, 0.3) is 0 Å². The minimum Gasteiger partial charge on any atom is -1.00 e. The zero-order valence-electron chi connectivity index (χ0n) is 5.73. The van der Waals surface area contributed by atoms with Crippen molar-refractivity contribution in [2.75, 3.05) is 5.75 Å². The Bertz CT molecular complexity index is 25.7. The molecule has 6 heavy (non-hydrogen) atoms. The van der Waals surface area contributed by atoms with Crippen LogP contribution in [0.1, 0.15) is 15.3 Å². The summed E-state index contributed by atoms with van der Waals surface area (Å²) in [6.45, 7) is 4.29. The van der Waals surface area contributed by atoms with Gasteiger partial charge in [0.05, 0.1) is 0 Å². The van der Waals surface area contributed by atoms with Crippen LogP contribution in [0.25, 0.3) is 0 Å². The monoisotopic (exact) mass is 130 g/mol. The summed E-state index contributed by atoms with van der Waals surface area (Å²) in [6.07, 6.45) is 0. The molecule has 0 heterocycles. The van der Waals surface area contributed by atoms with E-state index in [1.165, 1.54) is 0 Å². The van der Waals surface area contributed by atoms with Crippen molar-refractivity contribution in [3.8, 4) is 0 Å². The Labute approximate surface area is 89.4 Å². The Kier molecular flexibility index (Phi) is 12.7. The minimum atomic E-state index is 0. The number of rotatable bonds is 1. The largest absolute Gasteiger partial charge is 1.00 e. The normalized spacial score (nSPS) is 8.00. The van der Waals surface area contributed by atoms with Crippen LogP contribution in [0.3, 0.4) is 0 Å². The molecule has 0 fully saturated rings. The maximum atomic E-state index is 4.02. The van der Waals surface area contributed by atoms with Gasteiger partial charge in [0.15, 0.2) is 0 Å². The zero-order chi connectivity index (χ0) is 4.28. The first-order chi connectivity index (χ1) is 2.27. The molecular formula is C4H11KS. The molecule has 0 atom stereocenters. The molecule has 0 aromatic rings. The van der Waals surface area contributed by atoms with Crippen molar-refractivity contribution >= 4 is 12.6 Å². The zero-order valence-corrected chi connectivity index (χ0v) is 8.75. The van der Waals surface area contributed by atoms with Crippen LogP contribution in [0, 0.1) is 5.92 Å². The third-order valence-corrected chi connectivity index (χ3v) is 1.10. The molecular weight excluding hydrogens is 119 g/mol. The van der Waals surface area contributed by atoms with E-state index in [0.29, 0.717) is 0 Å². The topological polar surface area (TPSA) is 0 Å². The van der Waals surface area contributed by atoms with Crippen LogP contribution in [-0.2, 0) is 0 Å². The fourth-order valence-electron chi connectivity index (χ4n) is 0. The Morgan fingerprint density at radius 3 is 1.83 bits per heavy atom. The maximum Gasteiger partial charge on any atom is 1.00 e. The van der Waals surface area contributed by atoms with Crippen molar-refractivity contribution in [2.45, 2.75) is 13.8 Å². The Balaban J connectivity index is -0.0000000800. The molecule has 0 aliphatic heterocycles. The predicted octanol–water partition coefficient (Wildman–Crippen LogP) is -1.31. The summed E-state index contributed by atoms with van der Waals surface area (Å²) in [7, 11) is 0. The molecule has 0 aromatic heterocycles. The summed E-state index contributed by atoms with van der Waals surface area (Å²) >= 11 is 4.02. The van der Waals surface area contributed by atoms with E-state index in [4.69, 9.17) is 0 Å². The summed E-state index contributed by atoms with van der Waals surface area (Å²) in [5.41, 5.74) is 0. The molecule has 34 valence electrons. The van der Waals surface area contributed by atoms with Crippen LogP contribution in [0.2, 0.25) is 0 Å². The fourth-order valence-corrected chi connectivity index (χ4v) is 0. The second kappa shape index (κ2) is 6.99. The van der Waals surface area contributed by atoms with Crippen LogP contribution >= 0.6 is 12.6 Å². The smallest absolute Gasteiger partial charge is 1.00 e. The Hall–Kier alpha value is 1.99. The molecule has 0 radical (unpaired) electrons. The van der Waals surface area contributed by atoms with Gasteiger partial charge in [-0.05, 0) is 11.7 Å². The SMILES string of the molecule is CC(C)CS.[H-].[K+]. The second-order valence-corrected chi connectivity index (χ2v) is 1.94. The van der Waals surface area contributed by atoms with Crippen LogP contribution in [0.15, 0.2) is 0 Å². The second-order valence-electron chi connectivity index (χ2n) is 1.58. The van der Waals surface area contributed by atoms with Gasteiger partial charge in [0, 0.05) is 0 Å². The first-order valence-electron chi connectivity index (χ1n) is 1.88. The molecule has 2 heteroatoms. The molecule has 0 saturated heterocycles. The molecule has 0 amide bonds. The van der Waals surface area contributed by atoms with Crippen LogP contribution in [0.5, 0.6) is 0 Å². The van der Waals surface area contributed by atoms with E-state index in [0.717, 1.165) is 11.7 Å². The molecule has 0 aliphatic rings. The average Bonchev–Trinajstić information content (AvgIpc) is 1.38. The van der Waals surface area contributed by atoms with Crippen molar-refractivity contribution in [1.82, 2.24) is 0 Å². The van der Waals surface area contributed by atoms with E-state index in [-0.39, 0.29) is 52.8 Å². The summed E-state index contributed by atoms with van der Waals surface area (Å²) < 4.78 is 0. The van der Waals surface area contributed by atoms with Crippen molar-refractivity contribution in [3.63, 3.8) is 0 Å². The van der Waals surface area contributed by atoms with Gasteiger partial charge in [0.1, 0.15) is 0 Å². The van der Waals surface area contributed by atoms with Crippen molar-refractivity contribution in [2.24, 2.45) is 5.92 Å². The molecule has 0 aliphatic carbocycles. The quantitative estimate of drug-likeness (QED) is 0.331. The van der Waals surface area contributed by atoms with Gasteiger partial charge in [-0.2, -0.15) is 12.6 Å². The third kappa shape index (κ3) is 9.37. The van der Waals surface area contributed by atoms with E-state index >= 15 is 0 Å². The van der Waals surface area contributed by atoms with Crippen LogP contribution < -0.4 is 51.4 Å². The molecule has 0 saturated carbocycles. The van der Waals surface area contributed by atoms with Gasteiger partial charge >= 0.3 is 51.4 Å². The van der Waals surface area contributed by atoms with Gasteiger partial charge in [0.2, 0.25) is 0 Å². The Morgan fingerprint density at radius 2 is 1.83 bits per heavy atom. The van der Waals surface area contributed by atoms with Gasteiger partial charge in [-0.3, -0.25) is 0 Å². The summed E-state index contributed by atoms with van der Waals surface area (Å²) in [5.74, 6) is 1.75.